The van der Waals surface area contributed by atoms with Crippen LogP contribution in [0.1, 0.15) is 17.0 Å². The fourth-order valence-electron chi connectivity index (χ4n) is 3.33. The van der Waals surface area contributed by atoms with E-state index in [2.05, 4.69) is 22.1 Å². The highest BCUT2D eigenvalue weighted by atomic mass is 16.6. The highest BCUT2D eigenvalue weighted by Gasteiger charge is 2.25. The maximum Gasteiger partial charge on any atom is 0.327 e. The Morgan fingerprint density at radius 1 is 1.36 bits per heavy atom. The Labute approximate surface area is 163 Å². The van der Waals surface area contributed by atoms with Crippen molar-refractivity contribution in [2.24, 2.45) is 0 Å². The highest BCUT2D eigenvalue weighted by Crippen LogP contribution is 2.21. The molecule has 0 saturated carbocycles. The predicted molar refractivity (Wildman–Crippen MR) is 101 cm³/mol. The van der Waals surface area contributed by atoms with Gasteiger partial charge in [-0.3, -0.25) is 24.5 Å². The van der Waals surface area contributed by atoms with E-state index in [1.54, 1.807) is 13.8 Å². The Balaban J connectivity index is 1.49. The van der Waals surface area contributed by atoms with Gasteiger partial charge in [-0.1, -0.05) is 30.3 Å². The van der Waals surface area contributed by atoms with Crippen LogP contribution in [0, 0.1) is 24.0 Å². The van der Waals surface area contributed by atoms with E-state index in [1.165, 1.54) is 10.2 Å². The number of rotatable bonds is 7. The van der Waals surface area contributed by atoms with Gasteiger partial charge in [0.15, 0.2) is 0 Å². The van der Waals surface area contributed by atoms with E-state index in [0.29, 0.717) is 18.8 Å². The number of aryl methyl sites for hydroxylation is 1. The largest absolute Gasteiger partial charge is 0.461 e. The van der Waals surface area contributed by atoms with Crippen molar-refractivity contribution in [3.8, 4) is 0 Å². The first kappa shape index (κ1) is 20.0. The zero-order valence-electron chi connectivity index (χ0n) is 16.0. The molecule has 0 bridgehead atoms. The van der Waals surface area contributed by atoms with Gasteiger partial charge in [0, 0.05) is 19.6 Å². The fraction of sp³-hybridized carbons (Fsp3) is 0.474. The molecule has 0 radical (unpaired) electrons. The van der Waals surface area contributed by atoms with Crippen molar-refractivity contribution in [2.45, 2.75) is 33.0 Å². The second-order valence-corrected chi connectivity index (χ2v) is 6.83. The zero-order valence-corrected chi connectivity index (χ0v) is 16.0. The Hall–Kier alpha value is -2.78. The minimum atomic E-state index is -0.496. The van der Waals surface area contributed by atoms with Crippen LogP contribution in [0.15, 0.2) is 30.3 Å². The van der Waals surface area contributed by atoms with Crippen molar-refractivity contribution >= 4 is 11.7 Å². The molecule has 1 aromatic carbocycles. The maximum absolute atomic E-state index is 12.1. The summed E-state index contributed by atoms with van der Waals surface area (Å²) >= 11 is 0. The summed E-state index contributed by atoms with van der Waals surface area (Å²) in [6.45, 7) is 6.00. The minimum absolute atomic E-state index is 0.0695. The normalized spacial score (nSPS) is 17.4. The third-order valence-corrected chi connectivity index (χ3v) is 4.71. The standard InChI is InChI=1S/C19H24N4O5/c1-14-19(23(25)26)15(2)22(20-14)12-18(24)28-13-17-11-21(8-9-27-17)10-16-6-4-3-5-7-16/h3-7,17H,8-13H2,1-2H3. The van der Waals surface area contributed by atoms with Crippen LogP contribution >= 0.6 is 0 Å². The molecule has 0 aliphatic carbocycles. The predicted octanol–water partition coefficient (Wildman–Crippen LogP) is 1.85. The fourth-order valence-corrected chi connectivity index (χ4v) is 3.33. The zero-order chi connectivity index (χ0) is 20.1. The smallest absolute Gasteiger partial charge is 0.327 e. The van der Waals surface area contributed by atoms with Crippen LogP contribution in [0.25, 0.3) is 0 Å². The lowest BCUT2D eigenvalue weighted by Crippen LogP contribution is -2.44. The Bertz CT molecular complexity index is 836. The van der Waals surface area contributed by atoms with Crippen molar-refractivity contribution in [2.75, 3.05) is 26.3 Å². The molecule has 2 aromatic rings. The molecule has 1 fully saturated rings. The van der Waals surface area contributed by atoms with Crippen LogP contribution in [0.4, 0.5) is 5.69 Å². The average Bonchev–Trinajstić information content (AvgIpc) is 2.94. The van der Waals surface area contributed by atoms with Gasteiger partial charge in [-0.2, -0.15) is 5.10 Å². The summed E-state index contributed by atoms with van der Waals surface area (Å²) in [4.78, 5) is 25.0. The second kappa shape index (κ2) is 8.94. The van der Waals surface area contributed by atoms with E-state index < -0.39 is 10.9 Å². The van der Waals surface area contributed by atoms with E-state index in [4.69, 9.17) is 9.47 Å². The molecule has 3 rings (SSSR count). The number of ether oxygens (including phenoxy) is 2. The number of morpholine rings is 1. The molecule has 0 N–H and O–H groups in total. The average molecular weight is 388 g/mol. The maximum atomic E-state index is 12.1. The molecule has 9 nitrogen and oxygen atoms in total. The number of hydrogen-bond donors (Lipinski definition) is 0. The van der Waals surface area contributed by atoms with Crippen LogP contribution in [0.2, 0.25) is 0 Å². The van der Waals surface area contributed by atoms with Gasteiger partial charge in [0.1, 0.15) is 30.6 Å². The van der Waals surface area contributed by atoms with Gasteiger partial charge < -0.3 is 9.47 Å². The lowest BCUT2D eigenvalue weighted by atomic mass is 10.2. The van der Waals surface area contributed by atoms with E-state index in [9.17, 15) is 14.9 Å². The Kier molecular flexibility index (Phi) is 6.37. The van der Waals surface area contributed by atoms with Crippen LogP contribution in [-0.2, 0) is 27.4 Å². The summed E-state index contributed by atoms with van der Waals surface area (Å²) < 4.78 is 12.3. The molecule has 1 aliphatic heterocycles. The molecule has 28 heavy (non-hydrogen) atoms. The number of carbonyl (C=O) groups is 1. The van der Waals surface area contributed by atoms with Crippen LogP contribution in [-0.4, -0.2) is 58.0 Å². The quantitative estimate of drug-likeness (QED) is 0.405. The summed E-state index contributed by atoms with van der Waals surface area (Å²) in [7, 11) is 0. The topological polar surface area (TPSA) is 99.7 Å². The molecule has 1 saturated heterocycles. The van der Waals surface area contributed by atoms with Gasteiger partial charge in [0.2, 0.25) is 0 Å². The monoisotopic (exact) mass is 388 g/mol. The van der Waals surface area contributed by atoms with Crippen molar-refractivity contribution in [1.82, 2.24) is 14.7 Å². The van der Waals surface area contributed by atoms with Crippen molar-refractivity contribution in [3.63, 3.8) is 0 Å². The van der Waals surface area contributed by atoms with Gasteiger partial charge in [0.25, 0.3) is 0 Å². The lowest BCUT2D eigenvalue weighted by molar-refractivity contribution is -0.386. The van der Waals surface area contributed by atoms with Crippen molar-refractivity contribution < 1.29 is 19.2 Å². The summed E-state index contributed by atoms with van der Waals surface area (Å²) in [5.74, 6) is -0.496. The first-order chi connectivity index (χ1) is 13.4. The van der Waals surface area contributed by atoms with E-state index in [1.807, 2.05) is 18.2 Å². The first-order valence-electron chi connectivity index (χ1n) is 9.16. The number of esters is 1. The Morgan fingerprint density at radius 3 is 2.79 bits per heavy atom. The van der Waals surface area contributed by atoms with E-state index in [-0.39, 0.29) is 30.6 Å². The molecule has 150 valence electrons. The van der Waals surface area contributed by atoms with Gasteiger partial charge in [0.05, 0.1) is 11.5 Å². The van der Waals surface area contributed by atoms with Crippen LogP contribution in [0.5, 0.6) is 0 Å². The molecule has 0 spiro atoms. The van der Waals surface area contributed by atoms with Crippen LogP contribution < -0.4 is 0 Å². The molecule has 1 aromatic heterocycles. The molecule has 1 aliphatic rings. The summed E-state index contributed by atoms with van der Waals surface area (Å²) in [5, 5.41) is 15.1. The number of nitrogens with zero attached hydrogens (tertiary/aromatic N) is 4. The minimum Gasteiger partial charge on any atom is -0.461 e. The second-order valence-electron chi connectivity index (χ2n) is 6.83. The number of hydrogen-bond acceptors (Lipinski definition) is 7. The van der Waals surface area contributed by atoms with Crippen molar-refractivity contribution in [3.05, 3.63) is 57.4 Å². The number of benzene rings is 1. The molecule has 1 atom stereocenters. The van der Waals surface area contributed by atoms with Gasteiger partial charge in [-0.15, -0.1) is 0 Å². The van der Waals surface area contributed by atoms with Gasteiger partial charge >= 0.3 is 11.7 Å². The number of carbonyl (C=O) groups excluding carboxylic acids is 1. The molecule has 0 amide bonds. The van der Waals surface area contributed by atoms with E-state index in [0.717, 1.165) is 13.1 Å². The number of aromatic nitrogens is 2. The summed E-state index contributed by atoms with van der Waals surface area (Å²) in [6, 6.07) is 10.2. The van der Waals surface area contributed by atoms with Crippen molar-refractivity contribution in [1.29, 1.82) is 0 Å². The van der Waals surface area contributed by atoms with Gasteiger partial charge in [-0.05, 0) is 19.4 Å². The molecule has 2 heterocycles. The Morgan fingerprint density at radius 2 is 2.11 bits per heavy atom. The molecular formula is C19H24N4O5. The summed E-state index contributed by atoms with van der Waals surface area (Å²) in [5.41, 5.74) is 1.77. The number of nitro groups is 1. The third-order valence-electron chi connectivity index (χ3n) is 4.71. The molecule has 9 heteroatoms. The summed E-state index contributed by atoms with van der Waals surface area (Å²) in [6.07, 6.45) is -0.198. The first-order valence-corrected chi connectivity index (χ1v) is 9.16. The van der Waals surface area contributed by atoms with E-state index >= 15 is 0 Å². The molecular weight excluding hydrogens is 364 g/mol. The molecule has 1 unspecified atom stereocenters. The third kappa shape index (κ3) is 4.93. The van der Waals surface area contributed by atoms with Crippen LogP contribution in [0.3, 0.4) is 0 Å². The highest BCUT2D eigenvalue weighted by molar-refractivity contribution is 5.69. The van der Waals surface area contributed by atoms with Gasteiger partial charge in [-0.25, -0.2) is 0 Å². The lowest BCUT2D eigenvalue weighted by Gasteiger charge is -2.32. The SMILES string of the molecule is Cc1nn(CC(=O)OCC2CN(Cc3ccccc3)CCO2)c(C)c1[N+](=O)[O-].